The summed E-state index contributed by atoms with van der Waals surface area (Å²) in [6.07, 6.45) is 0.879. The summed E-state index contributed by atoms with van der Waals surface area (Å²) in [5.74, 6) is 0.945. The Balaban J connectivity index is 1.81. The van der Waals surface area contributed by atoms with Crippen LogP contribution in [0.25, 0.3) is 16.0 Å². The second-order valence-electron chi connectivity index (χ2n) is 7.52. The summed E-state index contributed by atoms with van der Waals surface area (Å²) in [6.45, 7) is 5.31. The average Bonchev–Trinajstić information content (AvgIpc) is 3.26. The van der Waals surface area contributed by atoms with Crippen LogP contribution in [0.3, 0.4) is 0 Å². The second kappa shape index (κ2) is 6.65. The molecule has 0 aliphatic carbocycles. The van der Waals surface area contributed by atoms with Gasteiger partial charge in [0, 0.05) is 11.3 Å². The number of hydrogen-bond donors (Lipinski definition) is 1. The molecule has 4 aromatic rings. The van der Waals surface area contributed by atoms with E-state index in [-0.39, 0.29) is 11.7 Å². The van der Waals surface area contributed by atoms with Gasteiger partial charge in [0.05, 0.1) is 24.6 Å². The molecule has 1 aliphatic heterocycles. The fourth-order valence-electron chi connectivity index (χ4n) is 3.87. The molecule has 1 atom stereocenters. The van der Waals surface area contributed by atoms with Crippen LogP contribution in [0.15, 0.2) is 35.1 Å². The van der Waals surface area contributed by atoms with Crippen LogP contribution in [0.4, 0.5) is 0 Å². The van der Waals surface area contributed by atoms with E-state index in [2.05, 4.69) is 24.0 Å². The molecule has 28 heavy (non-hydrogen) atoms. The number of H-pyrrole nitrogens is 1. The Morgan fingerprint density at radius 3 is 2.89 bits per heavy atom. The zero-order valence-electron chi connectivity index (χ0n) is 15.6. The number of benzene rings is 1. The number of ether oxygens (including phenoxy) is 1. The number of aromatic nitrogens is 4. The van der Waals surface area contributed by atoms with Gasteiger partial charge in [-0.15, -0.1) is 16.4 Å². The van der Waals surface area contributed by atoms with Crippen molar-refractivity contribution in [3.8, 4) is 0 Å². The molecule has 144 valence electrons. The summed E-state index contributed by atoms with van der Waals surface area (Å²) in [5, 5.41) is 7.98. The zero-order chi connectivity index (χ0) is 19.4. The Morgan fingerprint density at radius 1 is 1.36 bits per heavy atom. The van der Waals surface area contributed by atoms with Gasteiger partial charge in [-0.1, -0.05) is 44.2 Å². The van der Waals surface area contributed by atoms with Crippen molar-refractivity contribution < 1.29 is 4.74 Å². The summed E-state index contributed by atoms with van der Waals surface area (Å²) in [7, 11) is 0. The van der Waals surface area contributed by atoms with Crippen molar-refractivity contribution in [2.75, 3.05) is 0 Å². The highest BCUT2D eigenvalue weighted by molar-refractivity contribution is 7.71. The lowest BCUT2D eigenvalue weighted by atomic mass is 9.96. The minimum Gasteiger partial charge on any atom is -0.372 e. The van der Waals surface area contributed by atoms with Crippen molar-refractivity contribution >= 4 is 39.5 Å². The molecule has 1 aromatic carbocycles. The average molecular weight is 413 g/mol. The lowest BCUT2D eigenvalue weighted by Crippen LogP contribution is -2.28. The fraction of sp³-hybridized carbons (Fsp3) is 0.350. The SMILES string of the molecule is CC(C)[C@H]1Cc2c(sc3c2c(=O)n(Cc2ccccc2)c2n[nH]c(=S)n32)CO1. The van der Waals surface area contributed by atoms with Crippen LogP contribution in [0.2, 0.25) is 0 Å². The third-order valence-corrected chi connectivity index (χ3v) is 6.86. The molecule has 1 aliphatic rings. The minimum atomic E-state index is -0.0118. The molecule has 8 heteroatoms. The molecule has 0 saturated heterocycles. The molecular weight excluding hydrogens is 392 g/mol. The van der Waals surface area contributed by atoms with Crippen molar-refractivity contribution in [3.63, 3.8) is 0 Å². The first-order chi connectivity index (χ1) is 13.5. The highest BCUT2D eigenvalue weighted by Gasteiger charge is 2.29. The summed E-state index contributed by atoms with van der Waals surface area (Å²) < 4.78 is 10.1. The van der Waals surface area contributed by atoms with Gasteiger partial charge >= 0.3 is 0 Å². The minimum absolute atomic E-state index is 0.0118. The maximum atomic E-state index is 13.6. The predicted molar refractivity (Wildman–Crippen MR) is 113 cm³/mol. The lowest BCUT2D eigenvalue weighted by molar-refractivity contribution is 0.00200. The first-order valence-corrected chi connectivity index (χ1v) is 10.6. The molecule has 0 fully saturated rings. The van der Waals surface area contributed by atoms with E-state index in [1.807, 2.05) is 34.7 Å². The van der Waals surface area contributed by atoms with Crippen LogP contribution < -0.4 is 5.56 Å². The maximum Gasteiger partial charge on any atom is 0.264 e. The standard InChI is InChI=1S/C20H20N4O2S2/c1-11(2)14-8-13-15(10-26-14)28-18-16(13)17(25)23(9-12-6-4-3-5-7-12)19-21-22-20(27)24(18)19/h3-7,11,14H,8-10H2,1-2H3,(H,22,27)/t14-/m1/s1. The molecule has 0 bridgehead atoms. The van der Waals surface area contributed by atoms with E-state index in [9.17, 15) is 4.79 Å². The molecule has 4 heterocycles. The predicted octanol–water partition coefficient (Wildman–Crippen LogP) is 3.91. The topological polar surface area (TPSA) is 64.3 Å². The third kappa shape index (κ3) is 2.67. The highest BCUT2D eigenvalue weighted by Crippen LogP contribution is 2.36. The van der Waals surface area contributed by atoms with Crippen LogP contribution >= 0.6 is 23.6 Å². The smallest absolute Gasteiger partial charge is 0.264 e. The Morgan fingerprint density at radius 2 is 2.14 bits per heavy atom. The summed E-state index contributed by atoms with van der Waals surface area (Å²) in [6, 6.07) is 9.95. The van der Waals surface area contributed by atoms with Crippen LogP contribution in [0, 0.1) is 10.7 Å². The second-order valence-corrected chi connectivity index (χ2v) is 8.99. The van der Waals surface area contributed by atoms with Crippen LogP contribution in [-0.2, 0) is 24.3 Å². The van der Waals surface area contributed by atoms with Crippen molar-refractivity contribution in [1.29, 1.82) is 0 Å². The van der Waals surface area contributed by atoms with Crippen LogP contribution in [0.5, 0.6) is 0 Å². The van der Waals surface area contributed by atoms with E-state index in [1.165, 1.54) is 0 Å². The number of nitrogens with zero attached hydrogens (tertiary/aromatic N) is 3. The Kier molecular flexibility index (Phi) is 4.22. The van der Waals surface area contributed by atoms with Gasteiger partial charge in [-0.05, 0) is 29.3 Å². The van der Waals surface area contributed by atoms with Gasteiger partial charge in [0.1, 0.15) is 4.83 Å². The van der Waals surface area contributed by atoms with Gasteiger partial charge in [0.25, 0.3) is 5.56 Å². The van der Waals surface area contributed by atoms with Crippen molar-refractivity contribution in [3.05, 3.63) is 61.5 Å². The molecule has 6 nitrogen and oxygen atoms in total. The van der Waals surface area contributed by atoms with Crippen molar-refractivity contribution in [1.82, 2.24) is 19.2 Å². The summed E-state index contributed by atoms with van der Waals surface area (Å²) >= 11 is 7.08. The van der Waals surface area contributed by atoms with Gasteiger partial charge in [0.15, 0.2) is 0 Å². The highest BCUT2D eigenvalue weighted by atomic mass is 32.1. The molecular formula is C20H20N4O2S2. The number of fused-ring (bicyclic) bond motifs is 5. The molecule has 0 spiro atoms. The number of hydrogen-bond acceptors (Lipinski definition) is 5. The Labute approximate surface area is 170 Å². The van der Waals surface area contributed by atoms with Gasteiger partial charge in [-0.25, -0.2) is 9.50 Å². The third-order valence-electron chi connectivity index (χ3n) is 5.39. The summed E-state index contributed by atoms with van der Waals surface area (Å²) in [4.78, 5) is 15.6. The molecule has 0 amide bonds. The molecule has 0 radical (unpaired) electrons. The van der Waals surface area contributed by atoms with Crippen molar-refractivity contribution in [2.24, 2.45) is 5.92 Å². The van der Waals surface area contributed by atoms with Crippen LogP contribution in [0.1, 0.15) is 29.9 Å². The van der Waals surface area contributed by atoms with Crippen molar-refractivity contribution in [2.45, 2.75) is 39.5 Å². The van der Waals surface area contributed by atoms with E-state index in [0.29, 0.717) is 29.6 Å². The molecule has 1 N–H and O–H groups in total. The molecule has 0 unspecified atom stereocenters. The van der Waals surface area contributed by atoms with E-state index in [0.717, 1.165) is 32.6 Å². The lowest BCUT2D eigenvalue weighted by Gasteiger charge is -2.26. The number of nitrogens with one attached hydrogen (secondary N) is 1. The van der Waals surface area contributed by atoms with E-state index >= 15 is 0 Å². The molecule has 0 saturated carbocycles. The maximum absolute atomic E-state index is 13.6. The van der Waals surface area contributed by atoms with Crippen LogP contribution in [-0.4, -0.2) is 25.3 Å². The van der Waals surface area contributed by atoms with Gasteiger partial charge in [-0.3, -0.25) is 9.36 Å². The van der Waals surface area contributed by atoms with Gasteiger partial charge < -0.3 is 4.74 Å². The summed E-state index contributed by atoms with van der Waals surface area (Å²) in [5.41, 5.74) is 2.15. The zero-order valence-corrected chi connectivity index (χ0v) is 17.3. The quantitative estimate of drug-likeness (QED) is 0.518. The number of aromatic amines is 1. The molecule has 5 rings (SSSR count). The normalized spacial score (nSPS) is 16.9. The van der Waals surface area contributed by atoms with E-state index < -0.39 is 0 Å². The largest absolute Gasteiger partial charge is 0.372 e. The first kappa shape index (κ1) is 17.8. The Bertz CT molecular complexity index is 1300. The number of thiophene rings is 1. The van der Waals surface area contributed by atoms with E-state index in [1.54, 1.807) is 15.9 Å². The molecule has 3 aromatic heterocycles. The number of rotatable bonds is 3. The first-order valence-electron chi connectivity index (χ1n) is 9.34. The van der Waals surface area contributed by atoms with Gasteiger partial charge in [-0.2, -0.15) is 0 Å². The Hall–Kier alpha value is -2.29. The van der Waals surface area contributed by atoms with Gasteiger partial charge in [0.2, 0.25) is 10.5 Å². The fourth-order valence-corrected chi connectivity index (χ4v) is 5.39. The van der Waals surface area contributed by atoms with E-state index in [4.69, 9.17) is 17.0 Å². The monoisotopic (exact) mass is 412 g/mol.